The lowest BCUT2D eigenvalue weighted by Crippen LogP contribution is -2.14. The van der Waals surface area contributed by atoms with E-state index in [-0.39, 0.29) is 12.3 Å². The van der Waals surface area contributed by atoms with Gasteiger partial charge in [-0.25, -0.2) is 0 Å². The first-order chi connectivity index (χ1) is 13.4. The van der Waals surface area contributed by atoms with Gasteiger partial charge in [0.2, 0.25) is 5.91 Å². The molecular formula is C23H18F3NO. The van der Waals surface area contributed by atoms with Gasteiger partial charge in [-0.1, -0.05) is 66.7 Å². The second-order valence-electron chi connectivity index (χ2n) is 6.29. The van der Waals surface area contributed by atoms with Gasteiger partial charge in [-0.05, 0) is 41.0 Å². The van der Waals surface area contributed by atoms with Crippen LogP contribution in [0.1, 0.15) is 22.3 Å². The van der Waals surface area contributed by atoms with Gasteiger partial charge in [0.15, 0.2) is 0 Å². The van der Waals surface area contributed by atoms with Crippen molar-refractivity contribution in [1.82, 2.24) is 0 Å². The maximum Gasteiger partial charge on any atom is 0.416 e. The Morgan fingerprint density at radius 1 is 0.786 bits per heavy atom. The highest BCUT2D eigenvalue weighted by Crippen LogP contribution is 2.29. The van der Waals surface area contributed by atoms with Crippen LogP contribution in [0.4, 0.5) is 18.9 Å². The van der Waals surface area contributed by atoms with Crippen molar-refractivity contribution in [2.24, 2.45) is 0 Å². The van der Waals surface area contributed by atoms with Gasteiger partial charge in [-0.15, -0.1) is 0 Å². The smallest absolute Gasteiger partial charge is 0.326 e. The molecule has 0 fully saturated rings. The van der Waals surface area contributed by atoms with Crippen LogP contribution in [0.5, 0.6) is 0 Å². The predicted molar refractivity (Wildman–Crippen MR) is 106 cm³/mol. The molecule has 142 valence electrons. The Bertz CT molecular complexity index is 944. The topological polar surface area (TPSA) is 29.1 Å². The highest BCUT2D eigenvalue weighted by Gasteiger charge is 2.29. The molecule has 0 aliphatic carbocycles. The highest BCUT2D eigenvalue weighted by atomic mass is 19.4. The number of benzene rings is 3. The van der Waals surface area contributed by atoms with Crippen LogP contribution in [-0.4, -0.2) is 5.91 Å². The molecule has 0 atom stereocenters. The fraction of sp³-hybridized carbons (Fsp3) is 0.0870. The van der Waals surface area contributed by atoms with Crippen LogP contribution in [0.3, 0.4) is 0 Å². The van der Waals surface area contributed by atoms with Crippen LogP contribution in [-0.2, 0) is 17.4 Å². The maximum absolute atomic E-state index is 12.6. The average Bonchev–Trinajstić information content (AvgIpc) is 2.68. The van der Waals surface area contributed by atoms with Gasteiger partial charge in [0, 0.05) is 5.69 Å². The van der Waals surface area contributed by atoms with Gasteiger partial charge in [0.1, 0.15) is 0 Å². The van der Waals surface area contributed by atoms with Gasteiger partial charge in [-0.3, -0.25) is 4.79 Å². The molecule has 5 heteroatoms. The molecule has 2 nitrogen and oxygen atoms in total. The van der Waals surface area contributed by atoms with Crippen molar-refractivity contribution in [2.75, 3.05) is 5.32 Å². The third-order valence-corrected chi connectivity index (χ3v) is 4.11. The number of halogens is 3. The van der Waals surface area contributed by atoms with Crippen molar-refractivity contribution in [3.63, 3.8) is 0 Å². The molecule has 0 saturated carbocycles. The minimum absolute atomic E-state index is 0.143. The Balaban J connectivity index is 1.56. The standard InChI is InChI=1S/C23H18F3NO/c24-23(25,26)20-12-14-21(15-13-20)27-22(28)16-19-10-8-18(9-11-19)7-6-17-4-2-1-3-5-17/h1-15H,16H2,(H,27,28)/b7-6+. The number of alkyl halides is 3. The molecule has 0 unspecified atom stereocenters. The lowest BCUT2D eigenvalue weighted by Gasteiger charge is -2.09. The van der Waals surface area contributed by atoms with Gasteiger partial charge < -0.3 is 5.32 Å². The van der Waals surface area contributed by atoms with Crippen molar-refractivity contribution in [2.45, 2.75) is 12.6 Å². The fourth-order valence-corrected chi connectivity index (χ4v) is 2.64. The van der Waals surface area contributed by atoms with E-state index in [1.165, 1.54) is 12.1 Å². The maximum atomic E-state index is 12.6. The summed E-state index contributed by atoms with van der Waals surface area (Å²) in [6, 6.07) is 21.9. The lowest BCUT2D eigenvalue weighted by atomic mass is 10.1. The van der Waals surface area contributed by atoms with E-state index < -0.39 is 11.7 Å². The number of carbonyl (C=O) groups is 1. The summed E-state index contributed by atoms with van der Waals surface area (Å²) in [5.74, 6) is -0.285. The van der Waals surface area contributed by atoms with Gasteiger partial charge in [-0.2, -0.15) is 13.2 Å². The number of hydrogen-bond acceptors (Lipinski definition) is 1. The van der Waals surface area contributed by atoms with Crippen molar-refractivity contribution >= 4 is 23.7 Å². The molecule has 0 aromatic heterocycles. The number of nitrogens with one attached hydrogen (secondary N) is 1. The second-order valence-corrected chi connectivity index (χ2v) is 6.29. The molecule has 0 bridgehead atoms. The van der Waals surface area contributed by atoms with Crippen molar-refractivity contribution < 1.29 is 18.0 Å². The van der Waals surface area contributed by atoms with E-state index in [0.717, 1.165) is 28.8 Å². The van der Waals surface area contributed by atoms with Crippen LogP contribution in [0.15, 0.2) is 78.9 Å². The molecule has 0 spiro atoms. The summed E-state index contributed by atoms with van der Waals surface area (Å²) in [4.78, 5) is 12.1. The predicted octanol–water partition coefficient (Wildman–Crippen LogP) is 6.06. The normalized spacial score (nSPS) is 11.5. The van der Waals surface area contributed by atoms with Crippen LogP contribution >= 0.6 is 0 Å². The molecule has 0 saturated heterocycles. The van der Waals surface area contributed by atoms with E-state index in [4.69, 9.17) is 0 Å². The van der Waals surface area contributed by atoms with Crippen LogP contribution in [0.2, 0.25) is 0 Å². The first-order valence-corrected chi connectivity index (χ1v) is 8.69. The Hall–Kier alpha value is -3.34. The SMILES string of the molecule is O=C(Cc1ccc(/C=C/c2ccccc2)cc1)Nc1ccc(C(F)(F)F)cc1. The molecule has 3 aromatic carbocycles. The Morgan fingerprint density at radius 3 is 1.93 bits per heavy atom. The largest absolute Gasteiger partial charge is 0.416 e. The zero-order valence-electron chi connectivity index (χ0n) is 14.9. The molecule has 0 aliphatic heterocycles. The molecule has 0 heterocycles. The van der Waals surface area contributed by atoms with Crippen LogP contribution in [0.25, 0.3) is 12.2 Å². The van der Waals surface area contributed by atoms with Crippen molar-refractivity contribution in [3.05, 3.63) is 101 Å². The lowest BCUT2D eigenvalue weighted by molar-refractivity contribution is -0.137. The van der Waals surface area contributed by atoms with Crippen LogP contribution in [0, 0.1) is 0 Å². The summed E-state index contributed by atoms with van der Waals surface area (Å²) in [7, 11) is 0. The van der Waals surface area contributed by atoms with Gasteiger partial charge >= 0.3 is 6.18 Å². The van der Waals surface area contributed by atoms with E-state index in [2.05, 4.69) is 5.32 Å². The van der Waals surface area contributed by atoms with E-state index >= 15 is 0 Å². The molecule has 0 radical (unpaired) electrons. The highest BCUT2D eigenvalue weighted by molar-refractivity contribution is 5.92. The summed E-state index contributed by atoms with van der Waals surface area (Å²) < 4.78 is 37.7. The summed E-state index contributed by atoms with van der Waals surface area (Å²) in [5.41, 5.74) is 2.52. The van der Waals surface area contributed by atoms with Gasteiger partial charge in [0.25, 0.3) is 0 Å². The summed E-state index contributed by atoms with van der Waals surface area (Å²) in [6.45, 7) is 0. The summed E-state index contributed by atoms with van der Waals surface area (Å²) in [6.07, 6.45) is -0.253. The molecule has 3 rings (SSSR count). The second kappa shape index (κ2) is 8.57. The third kappa shape index (κ3) is 5.58. The molecular weight excluding hydrogens is 363 g/mol. The van der Waals surface area contributed by atoms with Crippen LogP contribution < -0.4 is 5.32 Å². The Morgan fingerprint density at radius 2 is 1.36 bits per heavy atom. The molecule has 0 aliphatic rings. The van der Waals surface area contributed by atoms with Crippen molar-refractivity contribution in [3.8, 4) is 0 Å². The van der Waals surface area contributed by atoms with E-state index in [9.17, 15) is 18.0 Å². The zero-order chi connectivity index (χ0) is 20.0. The molecule has 1 amide bonds. The molecule has 1 N–H and O–H groups in total. The number of amides is 1. The average molecular weight is 381 g/mol. The summed E-state index contributed by atoms with van der Waals surface area (Å²) in [5, 5.41) is 2.61. The summed E-state index contributed by atoms with van der Waals surface area (Å²) >= 11 is 0. The van der Waals surface area contributed by atoms with E-state index in [1.54, 1.807) is 0 Å². The molecule has 28 heavy (non-hydrogen) atoms. The first kappa shape index (κ1) is 19.4. The number of carbonyl (C=O) groups excluding carboxylic acids is 1. The number of anilines is 1. The fourth-order valence-electron chi connectivity index (χ4n) is 2.64. The molecule has 3 aromatic rings. The minimum Gasteiger partial charge on any atom is -0.326 e. The first-order valence-electron chi connectivity index (χ1n) is 8.69. The Kier molecular flexibility index (Phi) is 5.94. The van der Waals surface area contributed by atoms with E-state index in [0.29, 0.717) is 5.69 Å². The minimum atomic E-state index is -4.39. The zero-order valence-corrected chi connectivity index (χ0v) is 14.9. The quantitative estimate of drug-likeness (QED) is 0.535. The number of rotatable bonds is 5. The third-order valence-electron chi connectivity index (χ3n) is 4.11. The van der Waals surface area contributed by atoms with Gasteiger partial charge in [0.05, 0.1) is 12.0 Å². The van der Waals surface area contributed by atoms with E-state index in [1.807, 2.05) is 66.7 Å². The van der Waals surface area contributed by atoms with Crippen molar-refractivity contribution in [1.29, 1.82) is 0 Å². The monoisotopic (exact) mass is 381 g/mol. The number of hydrogen-bond donors (Lipinski definition) is 1. The Labute approximate surface area is 161 Å².